The van der Waals surface area contributed by atoms with E-state index in [0.717, 1.165) is 27.8 Å². The topological polar surface area (TPSA) is 180 Å². The van der Waals surface area contributed by atoms with Gasteiger partial charge in [-0.25, -0.2) is 0 Å². The summed E-state index contributed by atoms with van der Waals surface area (Å²) in [6.07, 6.45) is -11.7. The van der Waals surface area contributed by atoms with Gasteiger partial charge in [0.25, 0.3) is 0 Å². The van der Waals surface area contributed by atoms with Gasteiger partial charge in [-0.15, -0.1) is 0 Å². The maximum atomic E-state index is 10.6. The summed E-state index contributed by atoms with van der Waals surface area (Å²) in [4.78, 5) is 0. The van der Waals surface area contributed by atoms with Crippen LogP contribution in [0.4, 0.5) is 0 Å². The largest absolute Gasteiger partial charge is 0.394 e. The SMILES string of the molecule is CCc1cc(-c2cccc([C@H]3OC(CO)[C@@H](O)C(O)C3O)c2)ccc1-c1cccc([C@H]2OC(CO)[C@@H](O)C(O)C2O)c1. The second-order valence-electron chi connectivity index (χ2n) is 11.0. The van der Waals surface area contributed by atoms with Crippen LogP contribution in [0, 0.1) is 0 Å². The molecule has 226 valence electrons. The smallest absolute Gasteiger partial charge is 0.113 e. The first-order chi connectivity index (χ1) is 20.2. The van der Waals surface area contributed by atoms with E-state index in [9.17, 15) is 40.9 Å². The lowest BCUT2D eigenvalue weighted by Crippen LogP contribution is -2.55. The van der Waals surface area contributed by atoms with Crippen LogP contribution in [0.1, 0.15) is 35.8 Å². The van der Waals surface area contributed by atoms with Gasteiger partial charge in [0.1, 0.15) is 61.0 Å². The van der Waals surface area contributed by atoms with Crippen LogP contribution in [-0.4, -0.2) is 103 Å². The molecule has 2 aliphatic rings. The van der Waals surface area contributed by atoms with E-state index < -0.39 is 74.3 Å². The second kappa shape index (κ2) is 12.9. The number of aliphatic hydroxyl groups excluding tert-OH is 8. The third-order valence-electron chi connectivity index (χ3n) is 8.35. The number of aryl methyl sites for hydroxylation is 1. The van der Waals surface area contributed by atoms with Crippen LogP contribution in [0.2, 0.25) is 0 Å². The van der Waals surface area contributed by atoms with Gasteiger partial charge in [0.05, 0.1) is 13.2 Å². The molecule has 0 spiro atoms. The second-order valence-corrected chi connectivity index (χ2v) is 11.0. The molecule has 0 aliphatic carbocycles. The van der Waals surface area contributed by atoms with Crippen molar-refractivity contribution in [1.82, 2.24) is 0 Å². The third-order valence-corrected chi connectivity index (χ3v) is 8.35. The fourth-order valence-corrected chi connectivity index (χ4v) is 5.88. The minimum absolute atomic E-state index is 0.500. The van der Waals surface area contributed by atoms with Crippen LogP contribution in [0.3, 0.4) is 0 Å². The van der Waals surface area contributed by atoms with Crippen LogP contribution >= 0.6 is 0 Å². The normalized spacial score (nSPS) is 33.5. The van der Waals surface area contributed by atoms with Crippen molar-refractivity contribution in [2.24, 2.45) is 0 Å². The van der Waals surface area contributed by atoms with E-state index in [2.05, 4.69) is 6.07 Å². The molecular formula is C32H38O10. The van der Waals surface area contributed by atoms with Gasteiger partial charge >= 0.3 is 0 Å². The van der Waals surface area contributed by atoms with Crippen molar-refractivity contribution in [2.45, 2.75) is 74.4 Å². The van der Waals surface area contributed by atoms with Gasteiger partial charge in [-0.2, -0.15) is 0 Å². The van der Waals surface area contributed by atoms with Crippen molar-refractivity contribution < 1.29 is 50.3 Å². The van der Waals surface area contributed by atoms with Gasteiger partial charge in [0.15, 0.2) is 0 Å². The predicted octanol–water partition coefficient (Wildman–Crippen LogP) is 0.613. The van der Waals surface area contributed by atoms with E-state index in [1.54, 1.807) is 12.1 Å². The Morgan fingerprint density at radius 1 is 0.548 bits per heavy atom. The summed E-state index contributed by atoms with van der Waals surface area (Å²) in [6.45, 7) is 1.04. The zero-order chi connectivity index (χ0) is 30.1. The summed E-state index contributed by atoms with van der Waals surface area (Å²) in [7, 11) is 0. The first kappa shape index (κ1) is 30.7. The number of aliphatic hydroxyl groups is 8. The fraction of sp³-hybridized carbons (Fsp3) is 0.438. The lowest BCUT2D eigenvalue weighted by molar-refractivity contribution is -0.231. The Hall–Kier alpha value is -2.74. The maximum Gasteiger partial charge on any atom is 0.113 e. The lowest BCUT2D eigenvalue weighted by atomic mass is 9.88. The monoisotopic (exact) mass is 582 g/mol. The number of benzene rings is 3. The molecular weight excluding hydrogens is 544 g/mol. The molecule has 0 saturated carbocycles. The highest BCUT2D eigenvalue weighted by molar-refractivity contribution is 5.74. The van der Waals surface area contributed by atoms with Crippen LogP contribution in [0.15, 0.2) is 66.7 Å². The first-order valence-corrected chi connectivity index (χ1v) is 14.1. The average molecular weight is 583 g/mol. The van der Waals surface area contributed by atoms with Crippen molar-refractivity contribution >= 4 is 0 Å². The molecule has 10 nitrogen and oxygen atoms in total. The predicted molar refractivity (Wildman–Crippen MR) is 152 cm³/mol. The van der Waals surface area contributed by atoms with Crippen LogP contribution < -0.4 is 0 Å². The van der Waals surface area contributed by atoms with Gasteiger partial charge in [-0.1, -0.05) is 61.5 Å². The van der Waals surface area contributed by atoms with Gasteiger partial charge in [0.2, 0.25) is 0 Å². The molecule has 2 aliphatic heterocycles. The molecule has 2 heterocycles. The highest BCUT2D eigenvalue weighted by Gasteiger charge is 2.45. The quantitative estimate of drug-likeness (QED) is 0.197. The number of rotatable bonds is 7. The Morgan fingerprint density at radius 3 is 1.52 bits per heavy atom. The average Bonchev–Trinajstić information content (AvgIpc) is 3.02. The van der Waals surface area contributed by atoms with Gasteiger partial charge in [-0.05, 0) is 57.5 Å². The lowest BCUT2D eigenvalue weighted by Gasteiger charge is -2.40. The molecule has 10 atom stereocenters. The van der Waals surface area contributed by atoms with Gasteiger partial charge < -0.3 is 50.3 Å². The number of ether oxygens (including phenoxy) is 2. The van der Waals surface area contributed by atoms with Crippen LogP contribution in [-0.2, 0) is 15.9 Å². The Labute approximate surface area is 243 Å². The number of hydrogen-bond donors (Lipinski definition) is 8. The summed E-state index contributed by atoms with van der Waals surface area (Å²) >= 11 is 0. The molecule has 2 fully saturated rings. The van der Waals surface area contributed by atoms with Crippen molar-refractivity contribution in [2.75, 3.05) is 13.2 Å². The minimum atomic E-state index is -1.46. The summed E-state index contributed by atoms with van der Waals surface area (Å²) < 4.78 is 11.5. The summed E-state index contributed by atoms with van der Waals surface area (Å²) in [5.74, 6) is 0. The summed E-state index contributed by atoms with van der Waals surface area (Å²) in [5, 5.41) is 81.1. The molecule has 2 saturated heterocycles. The number of hydrogen-bond acceptors (Lipinski definition) is 10. The molecule has 3 aromatic rings. The molecule has 5 rings (SSSR count). The third kappa shape index (κ3) is 5.76. The van der Waals surface area contributed by atoms with Crippen molar-refractivity contribution in [3.05, 3.63) is 83.4 Å². The van der Waals surface area contributed by atoms with E-state index in [1.165, 1.54) is 0 Å². The Morgan fingerprint density at radius 2 is 1.02 bits per heavy atom. The van der Waals surface area contributed by atoms with E-state index >= 15 is 0 Å². The van der Waals surface area contributed by atoms with Gasteiger partial charge in [0, 0.05) is 0 Å². The Kier molecular flexibility index (Phi) is 9.41. The van der Waals surface area contributed by atoms with E-state index in [0.29, 0.717) is 17.5 Å². The highest BCUT2D eigenvalue weighted by atomic mass is 16.6. The zero-order valence-electron chi connectivity index (χ0n) is 23.1. The van der Waals surface area contributed by atoms with Crippen molar-refractivity contribution in [3.63, 3.8) is 0 Å². The van der Waals surface area contributed by atoms with Gasteiger partial charge in [-0.3, -0.25) is 0 Å². The summed E-state index contributed by atoms with van der Waals surface area (Å²) in [6, 6.07) is 20.7. The molecule has 0 aromatic heterocycles. The van der Waals surface area contributed by atoms with Crippen LogP contribution in [0.25, 0.3) is 22.3 Å². The fourth-order valence-electron chi connectivity index (χ4n) is 5.88. The Bertz CT molecular complexity index is 1360. The van der Waals surface area contributed by atoms with Crippen molar-refractivity contribution in [3.8, 4) is 22.3 Å². The van der Waals surface area contributed by atoms with E-state index in [-0.39, 0.29) is 0 Å². The molecule has 0 radical (unpaired) electrons. The Balaban J connectivity index is 1.43. The standard InChI is InChI=1S/C32H38O10/c1-2-16-11-18(17-5-3-7-20(12-17)31-29(39)27(37)25(35)23(14-33)41-31)9-10-22(16)19-6-4-8-21(13-19)32-30(40)28(38)26(36)24(15-34)42-32/h3-13,23-40H,2,14-15H2,1H3/t23?,24?,25-,26-,27?,28?,29?,30?,31-,32-/m1/s1. The van der Waals surface area contributed by atoms with Crippen molar-refractivity contribution in [1.29, 1.82) is 0 Å². The maximum absolute atomic E-state index is 10.6. The first-order valence-electron chi connectivity index (χ1n) is 14.1. The van der Waals surface area contributed by atoms with E-state index in [1.807, 2.05) is 55.5 Å². The molecule has 42 heavy (non-hydrogen) atoms. The minimum Gasteiger partial charge on any atom is -0.394 e. The molecule has 0 amide bonds. The molecule has 0 bridgehead atoms. The van der Waals surface area contributed by atoms with E-state index in [4.69, 9.17) is 9.47 Å². The van der Waals surface area contributed by atoms with Crippen LogP contribution in [0.5, 0.6) is 0 Å². The molecule has 8 N–H and O–H groups in total. The summed E-state index contributed by atoms with van der Waals surface area (Å²) in [5.41, 5.74) is 5.81. The molecule has 3 aromatic carbocycles. The molecule has 6 unspecified atom stereocenters. The highest BCUT2D eigenvalue weighted by Crippen LogP contribution is 2.37. The zero-order valence-corrected chi connectivity index (χ0v) is 23.1. The molecule has 10 heteroatoms.